The summed E-state index contributed by atoms with van der Waals surface area (Å²) >= 11 is 17.9. The summed E-state index contributed by atoms with van der Waals surface area (Å²) in [5.41, 5.74) is 1.44. The van der Waals surface area contributed by atoms with Crippen molar-refractivity contribution in [3.05, 3.63) is 98.1 Å². The van der Waals surface area contributed by atoms with Gasteiger partial charge in [-0.15, -0.1) is 0 Å². The van der Waals surface area contributed by atoms with Gasteiger partial charge < -0.3 is 14.2 Å². The molecule has 0 unspecified atom stereocenters. The van der Waals surface area contributed by atoms with Gasteiger partial charge in [0, 0.05) is 10.0 Å². The van der Waals surface area contributed by atoms with E-state index in [9.17, 15) is 9.59 Å². The van der Waals surface area contributed by atoms with Crippen LogP contribution in [0.2, 0.25) is 15.1 Å². The predicted octanol–water partition coefficient (Wildman–Crippen LogP) is 6.22. The molecule has 0 saturated heterocycles. The number of aliphatic imine (C=N–C) groups is 1. The Morgan fingerprint density at radius 3 is 2.36 bits per heavy atom. The Morgan fingerprint density at radius 2 is 1.67 bits per heavy atom. The average molecular weight is 503 g/mol. The molecule has 166 valence electrons. The second-order valence-corrected chi connectivity index (χ2v) is 8.05. The van der Waals surface area contributed by atoms with Crippen molar-refractivity contribution in [3.8, 4) is 11.5 Å². The highest BCUT2D eigenvalue weighted by Crippen LogP contribution is 2.31. The summed E-state index contributed by atoms with van der Waals surface area (Å²) in [6, 6.07) is 15.9. The number of carbonyl (C=O) groups is 2. The first-order valence-corrected chi connectivity index (χ1v) is 10.6. The minimum absolute atomic E-state index is 0.0731. The van der Waals surface area contributed by atoms with Crippen LogP contribution in [-0.4, -0.2) is 24.9 Å². The Hall–Kier alpha value is -3.32. The lowest BCUT2D eigenvalue weighted by Crippen LogP contribution is -2.09. The number of halogens is 3. The zero-order valence-electron chi connectivity index (χ0n) is 17.0. The van der Waals surface area contributed by atoms with E-state index in [0.29, 0.717) is 37.5 Å². The van der Waals surface area contributed by atoms with Crippen LogP contribution < -0.4 is 9.47 Å². The Kier molecular flexibility index (Phi) is 6.70. The van der Waals surface area contributed by atoms with E-state index in [0.717, 1.165) is 0 Å². The van der Waals surface area contributed by atoms with Crippen molar-refractivity contribution in [1.82, 2.24) is 0 Å². The molecule has 4 rings (SSSR count). The van der Waals surface area contributed by atoms with Crippen LogP contribution in [0.5, 0.6) is 11.5 Å². The minimum Gasteiger partial charge on any atom is -0.493 e. The molecular formula is C24H14Cl3NO5. The van der Waals surface area contributed by atoms with Gasteiger partial charge in [0.05, 0.1) is 23.3 Å². The van der Waals surface area contributed by atoms with Crippen molar-refractivity contribution < 1.29 is 23.8 Å². The Labute approximate surface area is 204 Å². The number of rotatable bonds is 5. The van der Waals surface area contributed by atoms with Gasteiger partial charge in [0.15, 0.2) is 17.2 Å². The van der Waals surface area contributed by atoms with E-state index in [4.69, 9.17) is 49.0 Å². The smallest absolute Gasteiger partial charge is 0.363 e. The third-order valence-corrected chi connectivity index (χ3v) is 5.36. The van der Waals surface area contributed by atoms with E-state index < -0.39 is 11.9 Å². The maximum atomic E-state index is 12.4. The summed E-state index contributed by atoms with van der Waals surface area (Å²) in [5, 5.41) is 1.27. The molecule has 0 saturated carbocycles. The Morgan fingerprint density at radius 1 is 0.939 bits per heavy atom. The largest absolute Gasteiger partial charge is 0.493 e. The number of benzene rings is 3. The normalized spacial score (nSPS) is 14.1. The van der Waals surface area contributed by atoms with Crippen molar-refractivity contribution >= 4 is 58.7 Å². The maximum Gasteiger partial charge on any atom is 0.363 e. The maximum absolute atomic E-state index is 12.4. The highest BCUT2D eigenvalue weighted by atomic mass is 35.5. The summed E-state index contributed by atoms with van der Waals surface area (Å²) in [6.07, 6.45) is 1.52. The molecule has 0 N–H and O–H groups in total. The fourth-order valence-corrected chi connectivity index (χ4v) is 3.56. The molecule has 1 heterocycles. The van der Waals surface area contributed by atoms with E-state index in [1.807, 2.05) is 0 Å². The van der Waals surface area contributed by atoms with Gasteiger partial charge in [-0.3, -0.25) is 0 Å². The molecule has 9 heteroatoms. The Bertz CT molecular complexity index is 1320. The van der Waals surface area contributed by atoms with E-state index in [2.05, 4.69) is 4.99 Å². The molecule has 0 atom stereocenters. The third kappa shape index (κ3) is 5.20. The SMILES string of the molecule is COc1cc(/C=C2\N=C(c3ccc(Cl)cc3Cl)OC2=O)ccc1OC(=O)c1ccc(Cl)cc1. The number of carbonyl (C=O) groups excluding carboxylic acids is 2. The quantitative estimate of drug-likeness (QED) is 0.235. The molecule has 6 nitrogen and oxygen atoms in total. The van der Waals surface area contributed by atoms with E-state index in [1.165, 1.54) is 19.3 Å². The highest BCUT2D eigenvalue weighted by molar-refractivity contribution is 6.37. The van der Waals surface area contributed by atoms with E-state index >= 15 is 0 Å². The van der Waals surface area contributed by atoms with Crippen molar-refractivity contribution in [2.24, 2.45) is 4.99 Å². The van der Waals surface area contributed by atoms with Gasteiger partial charge >= 0.3 is 11.9 Å². The monoisotopic (exact) mass is 501 g/mol. The summed E-state index contributed by atoms with van der Waals surface area (Å²) < 4.78 is 16.0. The molecule has 0 aromatic heterocycles. The molecule has 1 aliphatic rings. The van der Waals surface area contributed by atoms with E-state index in [1.54, 1.807) is 54.6 Å². The van der Waals surface area contributed by atoms with Crippen LogP contribution in [0.25, 0.3) is 6.08 Å². The topological polar surface area (TPSA) is 74.2 Å². The number of ether oxygens (including phenoxy) is 3. The molecule has 1 aliphatic heterocycles. The van der Waals surface area contributed by atoms with Crippen LogP contribution in [0.1, 0.15) is 21.5 Å². The highest BCUT2D eigenvalue weighted by Gasteiger charge is 2.26. The van der Waals surface area contributed by atoms with Gasteiger partial charge in [-0.1, -0.05) is 40.9 Å². The molecule has 0 spiro atoms. The van der Waals surface area contributed by atoms with Crippen LogP contribution >= 0.6 is 34.8 Å². The standard InChI is InChI=1S/C24H14Cl3NO5/c1-31-21-11-13(2-9-20(21)32-23(29)14-3-5-15(25)6-4-14)10-19-24(30)33-22(28-19)17-8-7-16(26)12-18(17)27/h2-12H,1H3/b19-10-. The van der Waals surface area contributed by atoms with Gasteiger partial charge in [-0.2, -0.15) is 0 Å². The fraction of sp³-hybridized carbons (Fsp3) is 0.0417. The average Bonchev–Trinajstić information content (AvgIpc) is 3.14. The molecule has 3 aromatic rings. The van der Waals surface area contributed by atoms with Crippen molar-refractivity contribution in [2.45, 2.75) is 0 Å². The first-order valence-electron chi connectivity index (χ1n) is 9.48. The molecular weight excluding hydrogens is 489 g/mol. The summed E-state index contributed by atoms with van der Waals surface area (Å²) in [4.78, 5) is 28.9. The van der Waals surface area contributed by atoms with Gasteiger partial charge in [-0.25, -0.2) is 14.6 Å². The Balaban J connectivity index is 1.58. The summed E-state index contributed by atoms with van der Waals surface area (Å²) in [7, 11) is 1.44. The van der Waals surface area contributed by atoms with E-state index in [-0.39, 0.29) is 17.3 Å². The molecule has 33 heavy (non-hydrogen) atoms. The number of methoxy groups -OCH3 is 1. The van der Waals surface area contributed by atoms with Crippen molar-refractivity contribution in [3.63, 3.8) is 0 Å². The minimum atomic E-state index is -0.631. The zero-order chi connectivity index (χ0) is 23.5. The first-order chi connectivity index (χ1) is 15.8. The molecule has 0 bridgehead atoms. The number of cyclic esters (lactones) is 1. The number of esters is 2. The fourth-order valence-electron chi connectivity index (χ4n) is 2.95. The number of nitrogens with zero attached hydrogens (tertiary/aromatic N) is 1. The molecule has 3 aromatic carbocycles. The first kappa shape index (κ1) is 22.9. The zero-order valence-corrected chi connectivity index (χ0v) is 19.2. The number of hydrogen-bond donors (Lipinski definition) is 0. The van der Waals surface area contributed by atoms with Gasteiger partial charge in [-0.05, 0) is 66.2 Å². The summed E-state index contributed by atoms with van der Waals surface area (Å²) in [5.74, 6) is -0.611. The molecule has 0 radical (unpaired) electrons. The second kappa shape index (κ2) is 9.67. The van der Waals surface area contributed by atoms with Crippen molar-refractivity contribution in [2.75, 3.05) is 7.11 Å². The van der Waals surface area contributed by atoms with Crippen LogP contribution in [0.3, 0.4) is 0 Å². The lowest BCUT2D eigenvalue weighted by molar-refractivity contribution is -0.129. The summed E-state index contributed by atoms with van der Waals surface area (Å²) in [6.45, 7) is 0. The molecule has 0 amide bonds. The number of hydrogen-bond acceptors (Lipinski definition) is 6. The lowest BCUT2D eigenvalue weighted by atomic mass is 10.1. The molecule has 0 fully saturated rings. The van der Waals surface area contributed by atoms with Gasteiger partial charge in [0.2, 0.25) is 5.90 Å². The predicted molar refractivity (Wildman–Crippen MR) is 126 cm³/mol. The van der Waals surface area contributed by atoms with Gasteiger partial charge in [0.25, 0.3) is 0 Å². The van der Waals surface area contributed by atoms with Crippen molar-refractivity contribution in [1.29, 1.82) is 0 Å². The van der Waals surface area contributed by atoms with Crippen LogP contribution in [0.15, 0.2) is 71.4 Å². The van der Waals surface area contributed by atoms with Crippen LogP contribution in [-0.2, 0) is 9.53 Å². The lowest BCUT2D eigenvalue weighted by Gasteiger charge is -2.10. The van der Waals surface area contributed by atoms with Crippen LogP contribution in [0, 0.1) is 0 Å². The third-order valence-electron chi connectivity index (χ3n) is 4.56. The van der Waals surface area contributed by atoms with Crippen LogP contribution in [0.4, 0.5) is 0 Å². The van der Waals surface area contributed by atoms with Gasteiger partial charge in [0.1, 0.15) is 0 Å². The second-order valence-electron chi connectivity index (χ2n) is 6.77. The molecule has 0 aliphatic carbocycles.